The van der Waals surface area contributed by atoms with Crippen molar-refractivity contribution in [2.45, 2.75) is 13.8 Å². The number of ether oxygens (including phenoxy) is 1. The lowest BCUT2D eigenvalue weighted by Crippen LogP contribution is -2.34. The summed E-state index contributed by atoms with van der Waals surface area (Å²) < 4.78 is 5.25. The molecule has 0 aliphatic heterocycles. The molecule has 0 saturated carbocycles. The van der Waals surface area contributed by atoms with Crippen LogP contribution in [0.4, 0.5) is 4.79 Å². The molecule has 0 aromatic heterocycles. The molecule has 0 atom stereocenters. The van der Waals surface area contributed by atoms with Crippen molar-refractivity contribution in [2.75, 3.05) is 20.1 Å². The molecule has 0 aliphatic carbocycles. The summed E-state index contributed by atoms with van der Waals surface area (Å²) in [5, 5.41) is 0. The summed E-state index contributed by atoms with van der Waals surface area (Å²) in [6.07, 6.45) is -0.377. The van der Waals surface area contributed by atoms with Crippen molar-refractivity contribution in [2.24, 2.45) is 5.73 Å². The van der Waals surface area contributed by atoms with Crippen molar-refractivity contribution in [1.29, 1.82) is 0 Å². The van der Waals surface area contributed by atoms with E-state index in [1.165, 1.54) is 4.90 Å². The predicted molar refractivity (Wildman–Crippen MR) is 63.6 cm³/mol. The Bertz CT molecular complexity index is 377. The fourth-order valence-electron chi connectivity index (χ4n) is 1.37. The Morgan fingerprint density at radius 2 is 2.12 bits per heavy atom. The normalized spacial score (nSPS) is 10.0. The molecule has 4 nitrogen and oxygen atoms in total. The number of carbonyl (C=O) groups is 1. The lowest BCUT2D eigenvalue weighted by Gasteiger charge is -2.16. The zero-order valence-corrected chi connectivity index (χ0v) is 9.99. The van der Waals surface area contributed by atoms with Crippen LogP contribution in [0.15, 0.2) is 18.2 Å². The number of rotatable bonds is 3. The number of nitrogens with zero attached hydrogens (tertiary/aromatic N) is 1. The van der Waals surface area contributed by atoms with Crippen molar-refractivity contribution in [3.05, 3.63) is 29.3 Å². The van der Waals surface area contributed by atoms with Gasteiger partial charge < -0.3 is 15.4 Å². The predicted octanol–water partition coefficient (Wildman–Crippen LogP) is 1.69. The molecule has 0 radical (unpaired) electrons. The lowest BCUT2D eigenvalue weighted by molar-refractivity contribution is 0.164. The second kappa shape index (κ2) is 5.51. The number of likely N-dealkylation sites (N-methyl/N-ethyl adjacent to an activating group) is 1. The average molecular weight is 222 g/mol. The van der Waals surface area contributed by atoms with Gasteiger partial charge in [0.2, 0.25) is 0 Å². The highest BCUT2D eigenvalue weighted by Gasteiger charge is 2.11. The summed E-state index contributed by atoms with van der Waals surface area (Å²) in [5.41, 5.74) is 7.46. The summed E-state index contributed by atoms with van der Waals surface area (Å²) in [7, 11) is 1.67. The van der Waals surface area contributed by atoms with Crippen LogP contribution in [0.25, 0.3) is 0 Å². The molecular weight excluding hydrogens is 204 g/mol. The molecule has 0 unspecified atom stereocenters. The van der Waals surface area contributed by atoms with Crippen molar-refractivity contribution in [3.8, 4) is 5.75 Å². The monoisotopic (exact) mass is 222 g/mol. The molecule has 0 heterocycles. The van der Waals surface area contributed by atoms with Gasteiger partial charge in [-0.15, -0.1) is 0 Å². The van der Waals surface area contributed by atoms with Crippen LogP contribution in [0.2, 0.25) is 0 Å². The number of aryl methyl sites for hydroxylation is 2. The van der Waals surface area contributed by atoms with Gasteiger partial charge in [-0.25, -0.2) is 4.79 Å². The van der Waals surface area contributed by atoms with Gasteiger partial charge in [0.15, 0.2) is 0 Å². The summed E-state index contributed by atoms with van der Waals surface area (Å²) in [6.45, 7) is 4.83. The van der Waals surface area contributed by atoms with Crippen molar-refractivity contribution >= 4 is 6.09 Å². The van der Waals surface area contributed by atoms with Gasteiger partial charge in [0.25, 0.3) is 0 Å². The summed E-state index contributed by atoms with van der Waals surface area (Å²) >= 11 is 0. The van der Waals surface area contributed by atoms with Gasteiger partial charge in [-0.1, -0.05) is 17.7 Å². The number of hydrogen-bond acceptors (Lipinski definition) is 3. The maximum Gasteiger partial charge on any atom is 0.415 e. The molecular formula is C12H18N2O2. The molecule has 1 amide bonds. The first-order valence-corrected chi connectivity index (χ1v) is 5.25. The van der Waals surface area contributed by atoms with Gasteiger partial charge >= 0.3 is 6.09 Å². The minimum absolute atomic E-state index is 0.377. The maximum absolute atomic E-state index is 11.6. The van der Waals surface area contributed by atoms with E-state index in [4.69, 9.17) is 10.5 Å². The Kier molecular flexibility index (Phi) is 4.31. The smallest absolute Gasteiger partial charge is 0.410 e. The van der Waals surface area contributed by atoms with Gasteiger partial charge in [-0.2, -0.15) is 0 Å². The highest BCUT2D eigenvalue weighted by Crippen LogP contribution is 2.19. The lowest BCUT2D eigenvalue weighted by atomic mass is 10.1. The number of nitrogens with two attached hydrogens (primary N) is 1. The molecule has 0 saturated heterocycles. The van der Waals surface area contributed by atoms with Crippen LogP contribution in [0, 0.1) is 13.8 Å². The summed E-state index contributed by atoms with van der Waals surface area (Å²) in [4.78, 5) is 13.0. The Labute approximate surface area is 96.0 Å². The molecule has 0 fully saturated rings. The molecule has 2 N–H and O–H groups in total. The number of hydrogen-bond donors (Lipinski definition) is 1. The average Bonchev–Trinajstić information content (AvgIpc) is 2.22. The number of benzene rings is 1. The fraction of sp³-hybridized carbons (Fsp3) is 0.417. The van der Waals surface area contributed by atoms with E-state index < -0.39 is 0 Å². The second-order valence-electron chi connectivity index (χ2n) is 3.85. The van der Waals surface area contributed by atoms with Gasteiger partial charge in [0.05, 0.1) is 0 Å². The molecule has 1 aromatic carbocycles. The van der Waals surface area contributed by atoms with Crippen molar-refractivity contribution in [3.63, 3.8) is 0 Å². The summed E-state index contributed by atoms with van der Waals surface area (Å²) in [6, 6.07) is 5.70. The first-order chi connectivity index (χ1) is 7.54. The van der Waals surface area contributed by atoms with E-state index in [2.05, 4.69) is 0 Å². The third-order valence-corrected chi connectivity index (χ3v) is 2.30. The van der Waals surface area contributed by atoms with E-state index in [1.807, 2.05) is 26.0 Å². The zero-order chi connectivity index (χ0) is 12.1. The Hall–Kier alpha value is -1.55. The SMILES string of the molecule is Cc1ccc(OC(=O)N(C)CCN)c(C)c1. The van der Waals surface area contributed by atoms with Gasteiger partial charge in [0.1, 0.15) is 5.75 Å². The topological polar surface area (TPSA) is 55.6 Å². The third kappa shape index (κ3) is 3.24. The highest BCUT2D eigenvalue weighted by molar-refractivity contribution is 5.70. The van der Waals surface area contributed by atoms with Crippen LogP contribution in [-0.2, 0) is 0 Å². The van der Waals surface area contributed by atoms with Crippen LogP contribution < -0.4 is 10.5 Å². The maximum atomic E-state index is 11.6. The molecule has 16 heavy (non-hydrogen) atoms. The van der Waals surface area contributed by atoms with Crippen LogP contribution in [-0.4, -0.2) is 31.1 Å². The van der Waals surface area contributed by atoms with E-state index in [0.29, 0.717) is 18.8 Å². The van der Waals surface area contributed by atoms with E-state index in [0.717, 1.165) is 11.1 Å². The molecule has 1 aromatic rings. The Morgan fingerprint density at radius 1 is 1.44 bits per heavy atom. The zero-order valence-electron chi connectivity index (χ0n) is 9.99. The Morgan fingerprint density at radius 3 is 2.69 bits per heavy atom. The number of amides is 1. The number of carbonyl (C=O) groups excluding carboxylic acids is 1. The molecule has 88 valence electrons. The van der Waals surface area contributed by atoms with Crippen LogP contribution >= 0.6 is 0 Å². The van der Waals surface area contributed by atoms with E-state index in [-0.39, 0.29) is 6.09 Å². The van der Waals surface area contributed by atoms with E-state index in [9.17, 15) is 4.79 Å². The van der Waals surface area contributed by atoms with E-state index >= 15 is 0 Å². The van der Waals surface area contributed by atoms with E-state index in [1.54, 1.807) is 13.1 Å². The van der Waals surface area contributed by atoms with Crippen LogP contribution in [0.3, 0.4) is 0 Å². The van der Waals surface area contributed by atoms with Crippen LogP contribution in [0.1, 0.15) is 11.1 Å². The molecule has 0 bridgehead atoms. The first-order valence-electron chi connectivity index (χ1n) is 5.25. The standard InChI is InChI=1S/C12H18N2O2/c1-9-4-5-11(10(2)8-9)16-12(15)14(3)7-6-13/h4-5,8H,6-7,13H2,1-3H3. The van der Waals surface area contributed by atoms with Gasteiger partial charge in [-0.05, 0) is 25.5 Å². The van der Waals surface area contributed by atoms with Crippen molar-refractivity contribution in [1.82, 2.24) is 4.90 Å². The largest absolute Gasteiger partial charge is 0.415 e. The quantitative estimate of drug-likeness (QED) is 0.846. The van der Waals surface area contributed by atoms with Crippen LogP contribution in [0.5, 0.6) is 5.75 Å². The minimum atomic E-state index is -0.377. The third-order valence-electron chi connectivity index (χ3n) is 2.30. The summed E-state index contributed by atoms with van der Waals surface area (Å²) in [5.74, 6) is 0.597. The molecule has 4 heteroatoms. The second-order valence-corrected chi connectivity index (χ2v) is 3.85. The molecule has 1 rings (SSSR count). The van der Waals surface area contributed by atoms with Gasteiger partial charge in [0, 0.05) is 20.1 Å². The Balaban J connectivity index is 2.69. The van der Waals surface area contributed by atoms with Crippen molar-refractivity contribution < 1.29 is 9.53 Å². The molecule has 0 aliphatic rings. The molecule has 0 spiro atoms. The minimum Gasteiger partial charge on any atom is -0.410 e. The highest BCUT2D eigenvalue weighted by atomic mass is 16.6. The van der Waals surface area contributed by atoms with Gasteiger partial charge in [-0.3, -0.25) is 0 Å². The first kappa shape index (κ1) is 12.5. The fourth-order valence-corrected chi connectivity index (χ4v) is 1.37.